The summed E-state index contributed by atoms with van der Waals surface area (Å²) >= 11 is 0. The summed E-state index contributed by atoms with van der Waals surface area (Å²) in [5.74, 6) is 0.502. The number of hydrogen-bond acceptors (Lipinski definition) is 5. The molecule has 126 valence electrons. The van der Waals surface area contributed by atoms with Crippen LogP contribution < -0.4 is 9.47 Å². The van der Waals surface area contributed by atoms with Gasteiger partial charge in [-0.3, -0.25) is 14.9 Å². The lowest BCUT2D eigenvalue weighted by molar-refractivity contribution is -0.386. The summed E-state index contributed by atoms with van der Waals surface area (Å²) in [4.78, 5) is 23.0. The van der Waals surface area contributed by atoms with Crippen molar-refractivity contribution in [3.05, 3.63) is 63.7 Å². The predicted molar refractivity (Wildman–Crippen MR) is 89.9 cm³/mol. The number of nitrogens with zero attached hydrogens (tertiary/aromatic N) is 1. The van der Waals surface area contributed by atoms with E-state index in [0.29, 0.717) is 17.9 Å². The van der Waals surface area contributed by atoms with Crippen LogP contribution >= 0.6 is 0 Å². The zero-order chi connectivity index (χ0) is 17.7. The van der Waals surface area contributed by atoms with E-state index < -0.39 is 11.0 Å². The molecule has 6 heteroatoms. The van der Waals surface area contributed by atoms with Gasteiger partial charge >= 0.3 is 5.69 Å². The van der Waals surface area contributed by atoms with Gasteiger partial charge in [-0.25, -0.2) is 0 Å². The van der Waals surface area contributed by atoms with Crippen molar-refractivity contribution in [3.8, 4) is 11.5 Å². The lowest BCUT2D eigenvalue weighted by Gasteiger charge is -2.14. The first-order chi connectivity index (χ1) is 11.4. The van der Waals surface area contributed by atoms with Crippen molar-refractivity contribution in [1.82, 2.24) is 0 Å². The van der Waals surface area contributed by atoms with Gasteiger partial charge in [-0.05, 0) is 56.7 Å². The van der Waals surface area contributed by atoms with E-state index in [4.69, 9.17) is 9.47 Å². The number of nitro benzene ring substituents is 1. The number of hydrogen-bond donors (Lipinski definition) is 0. The lowest BCUT2D eigenvalue weighted by atomic mass is 10.1. The minimum atomic E-state index is -0.843. The van der Waals surface area contributed by atoms with Gasteiger partial charge in [0, 0.05) is 11.6 Å². The number of Topliss-reactive ketones (excluding diaryl/α,β-unsaturated/α-hetero) is 1. The topological polar surface area (TPSA) is 78.7 Å². The third-order valence-corrected chi connectivity index (χ3v) is 3.43. The summed E-state index contributed by atoms with van der Waals surface area (Å²) < 4.78 is 10.9. The molecule has 24 heavy (non-hydrogen) atoms. The monoisotopic (exact) mass is 329 g/mol. The molecule has 0 radical (unpaired) electrons. The molecule has 0 saturated heterocycles. The number of aryl methyl sites for hydroxylation is 1. The first-order valence-electron chi connectivity index (χ1n) is 7.61. The molecule has 0 bridgehead atoms. The first kappa shape index (κ1) is 17.5. The van der Waals surface area contributed by atoms with E-state index in [2.05, 4.69) is 0 Å². The molecule has 0 amide bonds. The van der Waals surface area contributed by atoms with Crippen LogP contribution in [0.2, 0.25) is 0 Å². The summed E-state index contributed by atoms with van der Waals surface area (Å²) in [6, 6.07) is 11.3. The van der Waals surface area contributed by atoms with Crippen LogP contribution in [0.4, 0.5) is 5.69 Å². The molecule has 2 aromatic carbocycles. The second-order valence-corrected chi connectivity index (χ2v) is 5.31. The van der Waals surface area contributed by atoms with E-state index >= 15 is 0 Å². The Balaban J connectivity index is 2.16. The number of carbonyl (C=O) groups is 1. The van der Waals surface area contributed by atoms with Crippen LogP contribution in [-0.2, 0) is 0 Å². The van der Waals surface area contributed by atoms with Gasteiger partial charge in [-0.2, -0.15) is 0 Å². The minimum Gasteiger partial charge on any atom is -0.494 e. The fraction of sp³-hybridized carbons (Fsp3) is 0.278. The van der Waals surface area contributed by atoms with Gasteiger partial charge in [0.25, 0.3) is 0 Å². The number of nitro groups is 1. The first-order valence-corrected chi connectivity index (χ1v) is 7.61. The number of ether oxygens (including phenoxy) is 2. The molecule has 2 rings (SSSR count). The van der Waals surface area contributed by atoms with Crippen LogP contribution in [0.5, 0.6) is 11.5 Å². The molecular weight excluding hydrogens is 310 g/mol. The Morgan fingerprint density at radius 1 is 1.21 bits per heavy atom. The average Bonchev–Trinajstić information content (AvgIpc) is 2.56. The van der Waals surface area contributed by atoms with Gasteiger partial charge in [-0.1, -0.05) is 6.07 Å². The van der Waals surface area contributed by atoms with Crippen molar-refractivity contribution in [2.75, 3.05) is 6.61 Å². The van der Waals surface area contributed by atoms with Gasteiger partial charge in [0.2, 0.25) is 5.78 Å². The third-order valence-electron chi connectivity index (χ3n) is 3.43. The van der Waals surface area contributed by atoms with Gasteiger partial charge in [0.05, 0.1) is 11.5 Å². The summed E-state index contributed by atoms with van der Waals surface area (Å²) in [5.41, 5.74) is 1.06. The van der Waals surface area contributed by atoms with Crippen molar-refractivity contribution in [2.45, 2.75) is 26.9 Å². The molecule has 0 unspecified atom stereocenters. The SMILES string of the molecule is CCOc1ccc(C(=O)[C@H](C)Oc2ccc(C)cc2[N+](=O)[O-])cc1. The lowest BCUT2D eigenvalue weighted by Crippen LogP contribution is -2.24. The van der Waals surface area contributed by atoms with E-state index in [1.807, 2.05) is 6.92 Å². The number of ketones is 1. The largest absolute Gasteiger partial charge is 0.494 e. The van der Waals surface area contributed by atoms with Gasteiger partial charge in [-0.15, -0.1) is 0 Å². The van der Waals surface area contributed by atoms with E-state index in [0.717, 1.165) is 5.56 Å². The van der Waals surface area contributed by atoms with E-state index in [1.54, 1.807) is 44.2 Å². The molecule has 2 aromatic rings. The predicted octanol–water partition coefficient (Wildman–Crippen LogP) is 3.95. The molecule has 1 atom stereocenters. The smallest absolute Gasteiger partial charge is 0.311 e. The van der Waals surface area contributed by atoms with E-state index in [1.165, 1.54) is 12.1 Å². The fourth-order valence-corrected chi connectivity index (χ4v) is 2.23. The second kappa shape index (κ2) is 7.59. The molecular formula is C18H19NO5. The van der Waals surface area contributed by atoms with Crippen molar-refractivity contribution in [1.29, 1.82) is 0 Å². The maximum Gasteiger partial charge on any atom is 0.311 e. The summed E-state index contributed by atoms with van der Waals surface area (Å²) in [5, 5.41) is 11.1. The molecule has 0 heterocycles. The molecule has 6 nitrogen and oxygen atoms in total. The molecule has 0 saturated carbocycles. The van der Waals surface area contributed by atoms with Crippen molar-refractivity contribution in [2.24, 2.45) is 0 Å². The van der Waals surface area contributed by atoms with Crippen LogP contribution in [0, 0.1) is 17.0 Å². The van der Waals surface area contributed by atoms with Crippen molar-refractivity contribution in [3.63, 3.8) is 0 Å². The van der Waals surface area contributed by atoms with Crippen LogP contribution in [0.25, 0.3) is 0 Å². The Hall–Kier alpha value is -2.89. The third kappa shape index (κ3) is 4.10. The Bertz CT molecular complexity index is 740. The maximum absolute atomic E-state index is 12.4. The van der Waals surface area contributed by atoms with Crippen molar-refractivity contribution < 1.29 is 19.2 Å². The highest BCUT2D eigenvalue weighted by Crippen LogP contribution is 2.29. The Kier molecular flexibility index (Phi) is 5.52. The summed E-state index contributed by atoms with van der Waals surface area (Å²) in [6.07, 6.45) is -0.843. The standard InChI is InChI=1S/C18H19NO5/c1-4-23-15-8-6-14(7-9-15)18(20)13(3)24-17-10-5-12(2)11-16(17)19(21)22/h5-11,13H,4H2,1-3H3/t13-/m0/s1. The zero-order valence-corrected chi connectivity index (χ0v) is 13.8. The van der Waals surface area contributed by atoms with Gasteiger partial charge < -0.3 is 9.47 Å². The highest BCUT2D eigenvalue weighted by Gasteiger charge is 2.22. The summed E-state index contributed by atoms with van der Waals surface area (Å²) in [7, 11) is 0. The van der Waals surface area contributed by atoms with Crippen LogP contribution in [0.3, 0.4) is 0 Å². The molecule has 0 aliphatic carbocycles. The number of carbonyl (C=O) groups excluding carboxylic acids is 1. The Labute approximate surface area is 140 Å². The highest BCUT2D eigenvalue weighted by atomic mass is 16.6. The van der Waals surface area contributed by atoms with E-state index in [9.17, 15) is 14.9 Å². The number of benzene rings is 2. The van der Waals surface area contributed by atoms with Gasteiger partial charge in [0.15, 0.2) is 11.9 Å². The highest BCUT2D eigenvalue weighted by molar-refractivity contribution is 5.99. The van der Waals surface area contributed by atoms with Gasteiger partial charge in [0.1, 0.15) is 5.75 Å². The fourth-order valence-electron chi connectivity index (χ4n) is 2.23. The van der Waals surface area contributed by atoms with Crippen LogP contribution in [-0.4, -0.2) is 23.4 Å². The second-order valence-electron chi connectivity index (χ2n) is 5.31. The zero-order valence-electron chi connectivity index (χ0n) is 13.8. The normalized spacial score (nSPS) is 11.6. The average molecular weight is 329 g/mol. The Morgan fingerprint density at radius 2 is 1.88 bits per heavy atom. The summed E-state index contributed by atoms with van der Waals surface area (Å²) in [6.45, 7) is 5.75. The maximum atomic E-state index is 12.4. The molecule has 0 spiro atoms. The Morgan fingerprint density at radius 3 is 2.46 bits per heavy atom. The minimum absolute atomic E-state index is 0.0809. The molecule has 0 aliphatic rings. The van der Waals surface area contributed by atoms with Crippen LogP contribution in [0.1, 0.15) is 29.8 Å². The molecule has 0 aromatic heterocycles. The molecule has 0 fully saturated rings. The van der Waals surface area contributed by atoms with E-state index in [-0.39, 0.29) is 17.2 Å². The number of rotatable bonds is 7. The molecule has 0 N–H and O–H groups in total. The van der Waals surface area contributed by atoms with Crippen molar-refractivity contribution >= 4 is 11.5 Å². The van der Waals surface area contributed by atoms with Crippen LogP contribution in [0.15, 0.2) is 42.5 Å². The molecule has 0 aliphatic heterocycles. The quantitative estimate of drug-likeness (QED) is 0.436.